The molecule has 1 saturated heterocycles. The van der Waals surface area contributed by atoms with Gasteiger partial charge in [-0.25, -0.2) is 0 Å². The summed E-state index contributed by atoms with van der Waals surface area (Å²) in [7, 11) is 0. The highest BCUT2D eigenvalue weighted by Gasteiger charge is 2.79. The monoisotopic (exact) mass is 596 g/mol. The molecule has 1 aromatic carbocycles. The van der Waals surface area contributed by atoms with Gasteiger partial charge in [-0.05, 0) is 67.1 Å². The molecule has 4 aliphatic carbocycles. The third kappa shape index (κ3) is 4.20. The van der Waals surface area contributed by atoms with Gasteiger partial charge in [0.05, 0.1) is 18.8 Å². The Morgan fingerprint density at radius 2 is 1.57 bits per heavy atom. The SMILES string of the molecule is C=Cc1ccc([C@H]2C[C@@]3(C)C(CC[C@@]3(O)C(F)(F)C(F)(F)F)C3CCC4(O)CC5(CCC4=C32)OCC(C)(C)CO5)cc1. The fourth-order valence-corrected chi connectivity index (χ4v) is 9.17. The van der Waals surface area contributed by atoms with Crippen molar-refractivity contribution in [2.45, 2.75) is 107 Å². The number of allylic oxidation sites excluding steroid dienone is 1. The highest BCUT2D eigenvalue weighted by atomic mass is 19.4. The fraction of sp³-hybridized carbons (Fsp3) is 0.697. The molecule has 6 rings (SSSR count). The zero-order chi connectivity index (χ0) is 30.6. The molecule has 42 heavy (non-hydrogen) atoms. The first-order chi connectivity index (χ1) is 19.4. The highest BCUT2D eigenvalue weighted by molar-refractivity contribution is 5.50. The molecule has 9 heteroatoms. The number of alkyl halides is 5. The van der Waals surface area contributed by atoms with Crippen molar-refractivity contribution in [3.05, 3.63) is 53.1 Å². The molecule has 3 unspecified atom stereocenters. The molecule has 0 radical (unpaired) electrons. The minimum Gasteiger partial charge on any atom is -0.385 e. The quantitative estimate of drug-likeness (QED) is 0.280. The van der Waals surface area contributed by atoms with E-state index in [4.69, 9.17) is 9.47 Å². The van der Waals surface area contributed by atoms with Gasteiger partial charge in [0.15, 0.2) is 5.79 Å². The minimum atomic E-state index is -5.88. The van der Waals surface area contributed by atoms with Gasteiger partial charge in [-0.15, -0.1) is 0 Å². The second-order valence-electron chi connectivity index (χ2n) is 14.6. The van der Waals surface area contributed by atoms with Crippen molar-refractivity contribution in [1.29, 1.82) is 0 Å². The summed E-state index contributed by atoms with van der Waals surface area (Å²) in [4.78, 5) is 0. The summed E-state index contributed by atoms with van der Waals surface area (Å²) in [6.07, 6.45) is -2.83. The number of rotatable bonds is 3. The molecule has 0 aromatic heterocycles. The van der Waals surface area contributed by atoms with Crippen molar-refractivity contribution >= 4 is 6.08 Å². The van der Waals surface area contributed by atoms with Gasteiger partial charge in [0.2, 0.25) is 0 Å². The first-order valence-electron chi connectivity index (χ1n) is 15.0. The molecule has 2 N–H and O–H groups in total. The van der Waals surface area contributed by atoms with Crippen molar-refractivity contribution < 1.29 is 41.6 Å². The van der Waals surface area contributed by atoms with Gasteiger partial charge in [-0.2, -0.15) is 22.0 Å². The summed E-state index contributed by atoms with van der Waals surface area (Å²) in [5, 5.41) is 23.7. The van der Waals surface area contributed by atoms with Gasteiger partial charge < -0.3 is 19.7 Å². The molecule has 3 saturated carbocycles. The number of halogens is 5. The van der Waals surface area contributed by atoms with E-state index in [0.29, 0.717) is 38.9 Å². The lowest BCUT2D eigenvalue weighted by atomic mass is 9.49. The van der Waals surface area contributed by atoms with Gasteiger partial charge in [0, 0.05) is 29.6 Å². The normalized spacial score (nSPS) is 39.4. The van der Waals surface area contributed by atoms with Crippen LogP contribution >= 0.6 is 0 Å². The van der Waals surface area contributed by atoms with E-state index in [0.717, 1.165) is 22.3 Å². The molecule has 0 bridgehead atoms. The third-order valence-electron chi connectivity index (χ3n) is 11.5. The maximum atomic E-state index is 15.2. The zero-order valence-corrected chi connectivity index (χ0v) is 24.5. The Morgan fingerprint density at radius 3 is 2.17 bits per heavy atom. The predicted molar refractivity (Wildman–Crippen MR) is 148 cm³/mol. The second kappa shape index (κ2) is 9.35. The molecule has 1 aromatic rings. The average molecular weight is 597 g/mol. The van der Waals surface area contributed by atoms with Gasteiger partial charge in [-0.3, -0.25) is 0 Å². The summed E-state index contributed by atoms with van der Waals surface area (Å²) >= 11 is 0. The van der Waals surface area contributed by atoms with Crippen molar-refractivity contribution in [1.82, 2.24) is 0 Å². The van der Waals surface area contributed by atoms with Crippen molar-refractivity contribution in [2.75, 3.05) is 13.2 Å². The Hall–Kier alpha value is -1.81. The molecule has 1 aliphatic heterocycles. The third-order valence-corrected chi connectivity index (χ3v) is 11.5. The molecule has 4 fully saturated rings. The van der Waals surface area contributed by atoms with E-state index in [2.05, 4.69) is 20.4 Å². The van der Waals surface area contributed by atoms with Gasteiger partial charge in [0.1, 0.15) is 5.60 Å². The Labute approximate surface area is 244 Å². The number of aliphatic hydroxyl groups is 2. The predicted octanol–water partition coefficient (Wildman–Crippen LogP) is 7.55. The van der Waals surface area contributed by atoms with E-state index in [1.165, 1.54) is 6.92 Å². The summed E-state index contributed by atoms with van der Waals surface area (Å²) in [5.74, 6) is -7.62. The average Bonchev–Trinajstić information content (AvgIpc) is 3.20. The summed E-state index contributed by atoms with van der Waals surface area (Å²) < 4.78 is 84.3. The Kier molecular flexibility index (Phi) is 6.73. The van der Waals surface area contributed by atoms with E-state index >= 15 is 8.78 Å². The molecule has 4 nitrogen and oxygen atoms in total. The number of fused-ring (bicyclic) bond motifs is 4. The molecule has 6 atom stereocenters. The van der Waals surface area contributed by atoms with Crippen LogP contribution in [0.25, 0.3) is 6.08 Å². The molecule has 5 aliphatic rings. The number of ether oxygens (including phenoxy) is 2. The Bertz CT molecular complexity index is 1280. The fourth-order valence-electron chi connectivity index (χ4n) is 9.17. The Morgan fingerprint density at radius 1 is 0.929 bits per heavy atom. The number of hydrogen-bond acceptors (Lipinski definition) is 4. The van der Waals surface area contributed by atoms with E-state index in [-0.39, 0.29) is 30.6 Å². The van der Waals surface area contributed by atoms with Crippen molar-refractivity contribution in [3.8, 4) is 0 Å². The summed E-state index contributed by atoms with van der Waals surface area (Å²) in [5.41, 5.74) is -2.89. The van der Waals surface area contributed by atoms with Crippen LogP contribution in [-0.2, 0) is 9.47 Å². The van der Waals surface area contributed by atoms with Crippen LogP contribution in [-0.4, -0.2) is 52.5 Å². The van der Waals surface area contributed by atoms with Crippen molar-refractivity contribution in [3.63, 3.8) is 0 Å². The molecule has 1 heterocycles. The van der Waals surface area contributed by atoms with E-state index < -0.39 is 52.8 Å². The van der Waals surface area contributed by atoms with Crippen LogP contribution in [0.15, 0.2) is 42.0 Å². The molecule has 1 spiro atoms. The van der Waals surface area contributed by atoms with E-state index in [9.17, 15) is 23.4 Å². The van der Waals surface area contributed by atoms with Crippen molar-refractivity contribution in [2.24, 2.45) is 22.7 Å². The van der Waals surface area contributed by atoms with Crippen LogP contribution in [0, 0.1) is 22.7 Å². The molecular weight excluding hydrogens is 555 g/mol. The van der Waals surface area contributed by atoms with E-state index in [1.54, 1.807) is 6.08 Å². The highest BCUT2D eigenvalue weighted by Crippen LogP contribution is 2.71. The van der Waals surface area contributed by atoms with Crippen LogP contribution in [0.4, 0.5) is 22.0 Å². The van der Waals surface area contributed by atoms with Crippen LogP contribution in [0.3, 0.4) is 0 Å². The lowest BCUT2D eigenvalue weighted by Gasteiger charge is -2.59. The molecule has 232 valence electrons. The molecular formula is C33H41F5O4. The lowest BCUT2D eigenvalue weighted by Crippen LogP contribution is -2.65. The smallest absolute Gasteiger partial charge is 0.385 e. The van der Waals surface area contributed by atoms with Gasteiger partial charge in [-0.1, -0.05) is 63.3 Å². The minimum absolute atomic E-state index is 0.0614. The molecule has 0 amide bonds. The van der Waals surface area contributed by atoms with E-state index in [1.807, 2.05) is 24.3 Å². The summed E-state index contributed by atoms with van der Waals surface area (Å²) in [6, 6.07) is 7.41. The number of benzene rings is 1. The van der Waals surface area contributed by atoms with Gasteiger partial charge in [0.25, 0.3) is 0 Å². The first-order valence-corrected chi connectivity index (χ1v) is 15.0. The zero-order valence-electron chi connectivity index (χ0n) is 24.5. The van der Waals surface area contributed by atoms with Crippen LogP contribution in [0.1, 0.15) is 89.2 Å². The second-order valence-corrected chi connectivity index (χ2v) is 14.6. The first kappa shape index (κ1) is 30.2. The number of hydrogen-bond donors (Lipinski definition) is 2. The standard InChI is InChI=1S/C33H41F5O4/c1-5-20-6-8-21(9-7-20)23-16-28(4)24(12-15-31(28,40)32(34,35)33(36,37)38)22-10-13-29(39)17-30(14-11-25(29)26(22)23)41-18-27(2,3)19-42-30/h5-9,22-24,39-40H,1,10-19H2,2-4H3/t22?,23-,24?,28+,29?,31+/m1/s1. The maximum Gasteiger partial charge on any atom is 0.456 e. The lowest BCUT2D eigenvalue weighted by molar-refractivity contribution is -0.362. The maximum absolute atomic E-state index is 15.2. The summed E-state index contributed by atoms with van der Waals surface area (Å²) in [6.45, 7) is 10.3. The van der Waals surface area contributed by atoms with Crippen LogP contribution < -0.4 is 0 Å². The Balaban J connectivity index is 1.46. The topological polar surface area (TPSA) is 58.9 Å². The largest absolute Gasteiger partial charge is 0.456 e. The van der Waals surface area contributed by atoms with Crippen LogP contribution in [0.5, 0.6) is 0 Å². The van der Waals surface area contributed by atoms with Crippen LogP contribution in [0.2, 0.25) is 0 Å². The van der Waals surface area contributed by atoms with Gasteiger partial charge >= 0.3 is 12.1 Å².